The quantitative estimate of drug-likeness (QED) is 0.507. The fraction of sp³-hybridized carbons (Fsp3) is 0.600. The molecule has 0 fully saturated rings. The van der Waals surface area contributed by atoms with Crippen molar-refractivity contribution >= 4 is 12.8 Å². The maximum atomic E-state index is 10.1. The van der Waals surface area contributed by atoms with Crippen LogP contribution in [0.15, 0.2) is 0 Å². The molecule has 0 saturated heterocycles. The molecule has 4 heteroatoms. The van der Waals surface area contributed by atoms with Crippen LogP contribution >= 0.6 is 0 Å². The van der Waals surface area contributed by atoms with Gasteiger partial charge >= 0.3 is 5.97 Å². The van der Waals surface area contributed by atoms with E-state index in [0.717, 1.165) is 0 Å². The highest BCUT2D eigenvalue weighted by Gasteiger charge is 1.91. The summed E-state index contributed by atoms with van der Waals surface area (Å²) < 4.78 is 4.43. The van der Waals surface area contributed by atoms with Crippen molar-refractivity contribution in [3.8, 4) is 0 Å². The summed E-state index contributed by atoms with van der Waals surface area (Å²) in [6.45, 7) is 4.14. The van der Waals surface area contributed by atoms with Crippen molar-refractivity contribution in [3.63, 3.8) is 0 Å². The fourth-order valence-corrected chi connectivity index (χ4v) is 0.220. The van der Waals surface area contributed by atoms with Crippen molar-refractivity contribution in [2.45, 2.75) is 6.92 Å². The molecule has 2 N–H and O–H groups in total. The molecule has 0 atom stereocenters. The number of hydrogen-bond donors (Lipinski definition) is 1. The summed E-state index contributed by atoms with van der Waals surface area (Å²) in [7, 11) is 0. The number of carbonyl (C=O) groups is 2. The molecule has 0 bridgehead atoms. The Hall–Kier alpha value is -0.900. The van der Waals surface area contributed by atoms with Gasteiger partial charge in [0.1, 0.15) is 6.79 Å². The topological polar surface area (TPSA) is 69.4 Å². The third-order valence-corrected chi connectivity index (χ3v) is 0.472. The zero-order chi connectivity index (χ0) is 7.70. The van der Waals surface area contributed by atoms with Crippen LogP contribution in [0.4, 0.5) is 0 Å². The van der Waals surface area contributed by atoms with Gasteiger partial charge in [0, 0.05) is 0 Å². The van der Waals surface area contributed by atoms with E-state index in [1.54, 1.807) is 6.92 Å². The lowest BCUT2D eigenvalue weighted by atomic mass is 10.7. The maximum absolute atomic E-state index is 10.1. The second kappa shape index (κ2) is 10.2. The first kappa shape index (κ1) is 11.0. The molecule has 0 aliphatic rings. The van der Waals surface area contributed by atoms with Crippen LogP contribution in [0.1, 0.15) is 6.92 Å². The van der Waals surface area contributed by atoms with Crippen LogP contribution in [-0.4, -0.2) is 25.9 Å². The van der Waals surface area contributed by atoms with Gasteiger partial charge in [0.25, 0.3) is 0 Å². The van der Waals surface area contributed by atoms with E-state index < -0.39 is 0 Å². The van der Waals surface area contributed by atoms with Gasteiger partial charge in [-0.3, -0.25) is 4.79 Å². The van der Waals surface area contributed by atoms with Crippen molar-refractivity contribution < 1.29 is 14.3 Å². The first-order valence-electron chi connectivity index (χ1n) is 2.45. The first-order valence-corrected chi connectivity index (χ1v) is 2.45. The molecular weight excluding hydrogens is 122 g/mol. The van der Waals surface area contributed by atoms with E-state index in [9.17, 15) is 4.79 Å². The van der Waals surface area contributed by atoms with E-state index in [4.69, 9.17) is 10.5 Å². The van der Waals surface area contributed by atoms with Crippen molar-refractivity contribution in [1.82, 2.24) is 0 Å². The van der Waals surface area contributed by atoms with Crippen molar-refractivity contribution in [2.75, 3.05) is 13.2 Å². The second-order valence-electron chi connectivity index (χ2n) is 1.01. The molecule has 0 aliphatic carbocycles. The van der Waals surface area contributed by atoms with Crippen LogP contribution < -0.4 is 5.73 Å². The van der Waals surface area contributed by atoms with Gasteiger partial charge in [-0.15, -0.1) is 0 Å². The lowest BCUT2D eigenvalue weighted by Crippen LogP contribution is -2.16. The summed E-state index contributed by atoms with van der Waals surface area (Å²) in [6, 6.07) is 0. The molecule has 0 aromatic heterocycles. The van der Waals surface area contributed by atoms with Crippen LogP contribution in [0, 0.1) is 0 Å². The minimum absolute atomic E-state index is 0.0200. The average molecular weight is 133 g/mol. The molecule has 54 valence electrons. The number of hydrogen-bond acceptors (Lipinski definition) is 4. The summed E-state index contributed by atoms with van der Waals surface area (Å²) in [5, 5.41) is 0. The van der Waals surface area contributed by atoms with Crippen molar-refractivity contribution in [3.05, 3.63) is 0 Å². The van der Waals surface area contributed by atoms with E-state index in [0.29, 0.717) is 6.61 Å². The van der Waals surface area contributed by atoms with Crippen LogP contribution in [0.5, 0.6) is 0 Å². The molecule has 4 nitrogen and oxygen atoms in total. The minimum atomic E-state index is -0.345. The van der Waals surface area contributed by atoms with E-state index in [-0.39, 0.29) is 12.5 Å². The van der Waals surface area contributed by atoms with Crippen LogP contribution in [0.2, 0.25) is 0 Å². The van der Waals surface area contributed by atoms with Crippen LogP contribution in [0.25, 0.3) is 0 Å². The lowest BCUT2D eigenvalue weighted by molar-refractivity contribution is -0.141. The maximum Gasteiger partial charge on any atom is 0.319 e. The van der Waals surface area contributed by atoms with E-state index >= 15 is 0 Å². The molecule has 0 amide bonds. The Bertz CT molecular complexity index is 74.6. The van der Waals surface area contributed by atoms with E-state index in [2.05, 4.69) is 4.74 Å². The van der Waals surface area contributed by atoms with Crippen molar-refractivity contribution in [2.24, 2.45) is 5.73 Å². The van der Waals surface area contributed by atoms with Crippen LogP contribution in [0.3, 0.4) is 0 Å². The van der Waals surface area contributed by atoms with Gasteiger partial charge in [0.15, 0.2) is 0 Å². The predicted molar refractivity (Wildman–Crippen MR) is 32.8 cm³/mol. The summed E-state index contributed by atoms with van der Waals surface area (Å²) >= 11 is 0. The molecule has 0 radical (unpaired) electrons. The highest BCUT2D eigenvalue weighted by molar-refractivity contribution is 5.71. The molecule has 0 spiro atoms. The highest BCUT2D eigenvalue weighted by Crippen LogP contribution is 1.69. The number of rotatable bonds is 2. The van der Waals surface area contributed by atoms with Gasteiger partial charge in [-0.2, -0.15) is 0 Å². The minimum Gasteiger partial charge on any atom is -0.465 e. The molecule has 9 heavy (non-hydrogen) atoms. The Kier molecular flexibility index (Phi) is 12.4. The molecule has 0 heterocycles. The van der Waals surface area contributed by atoms with E-state index in [1.165, 1.54) is 0 Å². The smallest absolute Gasteiger partial charge is 0.319 e. The van der Waals surface area contributed by atoms with Crippen LogP contribution in [-0.2, 0) is 14.3 Å². The third kappa shape index (κ3) is 11.0. The predicted octanol–water partition coefficient (Wildman–Crippen LogP) is -0.677. The second-order valence-corrected chi connectivity index (χ2v) is 1.01. The number of esters is 1. The van der Waals surface area contributed by atoms with Gasteiger partial charge in [-0.1, -0.05) is 0 Å². The standard InChI is InChI=1S/C4H9NO2.CH2O/c1-2-7-4(6)3-5;1-2/h2-3,5H2,1H3;1H2. The zero-order valence-corrected chi connectivity index (χ0v) is 5.42. The van der Waals surface area contributed by atoms with Crippen molar-refractivity contribution in [1.29, 1.82) is 0 Å². The van der Waals surface area contributed by atoms with Gasteiger partial charge in [-0.05, 0) is 6.92 Å². The summed E-state index contributed by atoms with van der Waals surface area (Å²) in [5.74, 6) is -0.345. The zero-order valence-electron chi connectivity index (χ0n) is 5.42. The first-order chi connectivity index (χ1) is 4.31. The van der Waals surface area contributed by atoms with Gasteiger partial charge < -0.3 is 15.3 Å². The molecule has 0 aromatic carbocycles. The van der Waals surface area contributed by atoms with Gasteiger partial charge in [0.05, 0.1) is 13.2 Å². The molecule has 0 saturated carbocycles. The number of ether oxygens (including phenoxy) is 1. The Labute approximate surface area is 54.0 Å². The SMILES string of the molecule is C=O.CCOC(=O)CN. The van der Waals surface area contributed by atoms with Gasteiger partial charge in [-0.25, -0.2) is 0 Å². The third-order valence-electron chi connectivity index (χ3n) is 0.472. The summed E-state index contributed by atoms with van der Waals surface area (Å²) in [4.78, 5) is 18.1. The fourth-order valence-electron chi connectivity index (χ4n) is 0.220. The lowest BCUT2D eigenvalue weighted by Gasteiger charge is -1.93. The number of nitrogens with two attached hydrogens (primary N) is 1. The summed E-state index contributed by atoms with van der Waals surface area (Å²) in [5.41, 5.74) is 4.88. The molecule has 0 aromatic rings. The largest absolute Gasteiger partial charge is 0.465 e. The molecule has 0 unspecified atom stereocenters. The highest BCUT2D eigenvalue weighted by atomic mass is 16.5. The Morgan fingerprint density at radius 2 is 2.11 bits per heavy atom. The average Bonchev–Trinajstić information content (AvgIpc) is 1.93. The number of carbonyl (C=O) groups excluding carboxylic acids is 2. The van der Waals surface area contributed by atoms with Gasteiger partial charge in [0.2, 0.25) is 0 Å². The molecule has 0 rings (SSSR count). The normalized spacial score (nSPS) is 6.89. The molecule has 0 aliphatic heterocycles. The monoisotopic (exact) mass is 133 g/mol. The Balaban J connectivity index is 0. The summed E-state index contributed by atoms with van der Waals surface area (Å²) in [6.07, 6.45) is 0. The Morgan fingerprint density at radius 3 is 2.22 bits per heavy atom. The van der Waals surface area contributed by atoms with E-state index in [1.807, 2.05) is 6.79 Å². The molecular formula is C5H11NO3. The Morgan fingerprint density at radius 1 is 1.67 bits per heavy atom.